The molecule has 0 saturated heterocycles. The SMILES string of the molecule is CCCOc1ncnc(-n2ccc(C(=O)NC)n2)c1N. The fraction of sp³-hybridized carbons (Fsp3) is 0.333. The molecule has 0 aliphatic rings. The zero-order valence-corrected chi connectivity index (χ0v) is 11.3. The summed E-state index contributed by atoms with van der Waals surface area (Å²) in [4.78, 5) is 19.5. The van der Waals surface area contributed by atoms with Crippen molar-refractivity contribution >= 4 is 11.6 Å². The summed E-state index contributed by atoms with van der Waals surface area (Å²) >= 11 is 0. The smallest absolute Gasteiger partial charge is 0.271 e. The molecule has 20 heavy (non-hydrogen) atoms. The highest BCUT2D eigenvalue weighted by Crippen LogP contribution is 2.23. The number of carbonyl (C=O) groups excluding carboxylic acids is 1. The lowest BCUT2D eigenvalue weighted by Crippen LogP contribution is -2.18. The standard InChI is InChI=1S/C12H16N6O2/c1-3-6-20-12-9(13)10(15-7-16-12)18-5-4-8(17-18)11(19)14-2/h4-5,7H,3,6,13H2,1-2H3,(H,14,19). The second kappa shape index (κ2) is 6.00. The first kappa shape index (κ1) is 13.8. The molecule has 0 bridgehead atoms. The number of hydrogen-bond acceptors (Lipinski definition) is 6. The van der Waals surface area contributed by atoms with Gasteiger partial charge < -0.3 is 15.8 Å². The molecule has 1 amide bonds. The summed E-state index contributed by atoms with van der Waals surface area (Å²) < 4.78 is 6.84. The minimum atomic E-state index is -0.279. The van der Waals surface area contributed by atoms with E-state index < -0.39 is 0 Å². The van der Waals surface area contributed by atoms with Crippen LogP contribution in [0.1, 0.15) is 23.8 Å². The van der Waals surface area contributed by atoms with Crippen molar-refractivity contribution in [2.45, 2.75) is 13.3 Å². The molecule has 0 aliphatic carbocycles. The van der Waals surface area contributed by atoms with E-state index in [0.29, 0.717) is 18.3 Å². The van der Waals surface area contributed by atoms with Gasteiger partial charge in [-0.3, -0.25) is 4.79 Å². The summed E-state index contributed by atoms with van der Waals surface area (Å²) in [7, 11) is 1.54. The summed E-state index contributed by atoms with van der Waals surface area (Å²) in [5.41, 5.74) is 6.53. The van der Waals surface area contributed by atoms with Crippen molar-refractivity contribution in [3.05, 3.63) is 24.3 Å². The van der Waals surface area contributed by atoms with Crippen LogP contribution >= 0.6 is 0 Å². The number of rotatable bonds is 5. The van der Waals surface area contributed by atoms with Crippen LogP contribution in [0, 0.1) is 0 Å². The monoisotopic (exact) mass is 276 g/mol. The third-order valence-electron chi connectivity index (χ3n) is 2.54. The summed E-state index contributed by atoms with van der Waals surface area (Å²) in [5.74, 6) is 0.411. The molecule has 8 heteroatoms. The number of ether oxygens (including phenoxy) is 1. The third-order valence-corrected chi connectivity index (χ3v) is 2.54. The predicted octanol–water partition coefficient (Wildman–Crippen LogP) is 0.393. The van der Waals surface area contributed by atoms with Crippen molar-refractivity contribution in [3.63, 3.8) is 0 Å². The first-order chi connectivity index (χ1) is 9.67. The number of amides is 1. The van der Waals surface area contributed by atoms with Crippen molar-refractivity contribution < 1.29 is 9.53 Å². The number of hydrogen-bond donors (Lipinski definition) is 2. The van der Waals surface area contributed by atoms with Crippen molar-refractivity contribution in [3.8, 4) is 11.7 Å². The highest BCUT2D eigenvalue weighted by Gasteiger charge is 2.14. The molecule has 0 atom stereocenters. The molecule has 106 valence electrons. The van der Waals surface area contributed by atoms with Gasteiger partial charge in [0.1, 0.15) is 12.0 Å². The van der Waals surface area contributed by atoms with E-state index in [1.807, 2.05) is 6.92 Å². The average Bonchev–Trinajstić information content (AvgIpc) is 2.95. The highest BCUT2D eigenvalue weighted by atomic mass is 16.5. The van der Waals surface area contributed by atoms with Gasteiger partial charge in [0.2, 0.25) is 5.88 Å². The van der Waals surface area contributed by atoms with Crippen LogP contribution in [0.5, 0.6) is 5.88 Å². The molecule has 0 aromatic carbocycles. The minimum absolute atomic E-state index is 0.279. The van der Waals surface area contributed by atoms with E-state index in [9.17, 15) is 4.79 Å². The first-order valence-corrected chi connectivity index (χ1v) is 6.18. The summed E-state index contributed by atoms with van der Waals surface area (Å²) in [6, 6.07) is 1.58. The normalized spacial score (nSPS) is 10.3. The quantitative estimate of drug-likeness (QED) is 0.818. The number of aromatic nitrogens is 4. The molecule has 0 unspecified atom stereocenters. The lowest BCUT2D eigenvalue weighted by atomic mass is 10.4. The van der Waals surface area contributed by atoms with Gasteiger partial charge in [-0.05, 0) is 12.5 Å². The molecule has 2 aromatic rings. The van der Waals surface area contributed by atoms with E-state index in [1.54, 1.807) is 12.3 Å². The Morgan fingerprint density at radius 1 is 1.50 bits per heavy atom. The van der Waals surface area contributed by atoms with Crippen LogP contribution in [-0.4, -0.2) is 39.3 Å². The molecular formula is C12H16N6O2. The number of nitrogens with zero attached hydrogens (tertiary/aromatic N) is 4. The maximum Gasteiger partial charge on any atom is 0.271 e. The molecule has 0 aliphatic heterocycles. The lowest BCUT2D eigenvalue weighted by Gasteiger charge is -2.09. The summed E-state index contributed by atoms with van der Waals surface area (Å²) in [6.45, 7) is 2.50. The molecule has 0 fully saturated rings. The van der Waals surface area contributed by atoms with Crippen molar-refractivity contribution in [1.29, 1.82) is 0 Å². The second-order valence-electron chi connectivity index (χ2n) is 3.99. The van der Waals surface area contributed by atoms with Gasteiger partial charge in [-0.1, -0.05) is 6.92 Å². The van der Waals surface area contributed by atoms with E-state index >= 15 is 0 Å². The molecule has 0 saturated carbocycles. The average molecular weight is 276 g/mol. The van der Waals surface area contributed by atoms with Crippen LogP contribution in [0.3, 0.4) is 0 Å². The Morgan fingerprint density at radius 3 is 3.00 bits per heavy atom. The van der Waals surface area contributed by atoms with Crippen LogP contribution in [0.4, 0.5) is 5.69 Å². The van der Waals surface area contributed by atoms with Gasteiger partial charge in [0.15, 0.2) is 11.5 Å². The number of carbonyl (C=O) groups is 1. The van der Waals surface area contributed by atoms with E-state index in [4.69, 9.17) is 10.5 Å². The number of anilines is 1. The summed E-state index contributed by atoms with van der Waals surface area (Å²) in [6.07, 6.45) is 3.80. The fourth-order valence-corrected chi connectivity index (χ4v) is 1.56. The Labute approximate surface area is 116 Å². The van der Waals surface area contributed by atoms with Gasteiger partial charge in [-0.2, -0.15) is 10.1 Å². The number of nitrogens with one attached hydrogen (secondary N) is 1. The molecule has 2 aromatic heterocycles. The first-order valence-electron chi connectivity index (χ1n) is 6.18. The van der Waals surface area contributed by atoms with Gasteiger partial charge in [-0.15, -0.1) is 0 Å². The highest BCUT2D eigenvalue weighted by molar-refractivity contribution is 5.91. The minimum Gasteiger partial charge on any atom is -0.476 e. The van der Waals surface area contributed by atoms with Gasteiger partial charge in [-0.25, -0.2) is 9.67 Å². The molecular weight excluding hydrogens is 260 g/mol. The Morgan fingerprint density at radius 2 is 2.30 bits per heavy atom. The molecule has 8 nitrogen and oxygen atoms in total. The maximum absolute atomic E-state index is 11.5. The van der Waals surface area contributed by atoms with Gasteiger partial charge in [0.25, 0.3) is 5.91 Å². The van der Waals surface area contributed by atoms with Crippen LogP contribution in [-0.2, 0) is 0 Å². The Balaban J connectivity index is 2.33. The van der Waals surface area contributed by atoms with E-state index in [-0.39, 0.29) is 17.3 Å². The van der Waals surface area contributed by atoms with Crippen LogP contribution in [0.2, 0.25) is 0 Å². The predicted molar refractivity (Wildman–Crippen MR) is 72.7 cm³/mol. The molecule has 0 spiro atoms. The van der Waals surface area contributed by atoms with E-state index in [0.717, 1.165) is 6.42 Å². The van der Waals surface area contributed by atoms with Gasteiger partial charge >= 0.3 is 0 Å². The number of nitrogen functional groups attached to an aromatic ring is 1. The molecule has 0 radical (unpaired) electrons. The van der Waals surface area contributed by atoms with Crippen LogP contribution in [0.15, 0.2) is 18.6 Å². The topological polar surface area (TPSA) is 108 Å². The number of nitrogens with two attached hydrogens (primary N) is 1. The Hall–Kier alpha value is -2.64. The van der Waals surface area contributed by atoms with Crippen molar-refractivity contribution in [1.82, 2.24) is 25.1 Å². The second-order valence-corrected chi connectivity index (χ2v) is 3.99. The third kappa shape index (κ3) is 2.68. The van der Waals surface area contributed by atoms with Gasteiger partial charge in [0.05, 0.1) is 6.61 Å². The zero-order chi connectivity index (χ0) is 14.5. The van der Waals surface area contributed by atoms with Gasteiger partial charge in [0, 0.05) is 13.2 Å². The molecule has 2 rings (SSSR count). The maximum atomic E-state index is 11.5. The van der Waals surface area contributed by atoms with E-state index in [2.05, 4.69) is 20.4 Å². The lowest BCUT2D eigenvalue weighted by molar-refractivity contribution is 0.0957. The fourth-order valence-electron chi connectivity index (χ4n) is 1.56. The molecule has 3 N–H and O–H groups in total. The van der Waals surface area contributed by atoms with Crippen molar-refractivity contribution in [2.24, 2.45) is 0 Å². The zero-order valence-electron chi connectivity index (χ0n) is 11.3. The van der Waals surface area contributed by atoms with Crippen molar-refractivity contribution in [2.75, 3.05) is 19.4 Å². The van der Waals surface area contributed by atoms with Crippen LogP contribution < -0.4 is 15.8 Å². The molecule has 2 heterocycles. The Bertz CT molecular complexity index is 610. The van der Waals surface area contributed by atoms with E-state index in [1.165, 1.54) is 18.1 Å². The summed E-state index contributed by atoms with van der Waals surface area (Å²) in [5, 5.41) is 6.61. The Kier molecular flexibility index (Phi) is 4.14. The van der Waals surface area contributed by atoms with Crippen LogP contribution in [0.25, 0.3) is 5.82 Å². The largest absolute Gasteiger partial charge is 0.476 e.